The molecule has 1 fully saturated rings. The summed E-state index contributed by atoms with van der Waals surface area (Å²) in [5.41, 5.74) is 1.98. The van der Waals surface area contributed by atoms with E-state index in [0.29, 0.717) is 13.0 Å². The van der Waals surface area contributed by atoms with E-state index >= 15 is 0 Å². The Kier molecular flexibility index (Phi) is 5.74. The molecule has 1 aromatic heterocycles. The van der Waals surface area contributed by atoms with Gasteiger partial charge in [0.25, 0.3) is 0 Å². The van der Waals surface area contributed by atoms with Crippen molar-refractivity contribution in [1.82, 2.24) is 20.2 Å². The molecule has 1 amide bonds. The maximum absolute atomic E-state index is 13.1. The Morgan fingerprint density at radius 2 is 2.07 bits per heavy atom. The normalized spacial score (nSPS) is 24.7. The summed E-state index contributed by atoms with van der Waals surface area (Å²) in [6.07, 6.45) is 3.47. The summed E-state index contributed by atoms with van der Waals surface area (Å²) in [7, 11) is 3.26. The van der Waals surface area contributed by atoms with Crippen LogP contribution in [0, 0.1) is 12.8 Å². The zero-order valence-electron chi connectivity index (χ0n) is 16.7. The first-order valence-electron chi connectivity index (χ1n) is 9.28. The van der Waals surface area contributed by atoms with Crippen molar-refractivity contribution in [3.8, 4) is 0 Å². The minimum Gasteiger partial charge on any atom is -0.468 e. The number of ether oxygens (including phenoxy) is 1. The van der Waals surface area contributed by atoms with E-state index in [4.69, 9.17) is 4.74 Å². The van der Waals surface area contributed by atoms with Crippen molar-refractivity contribution in [1.29, 1.82) is 0 Å². The van der Waals surface area contributed by atoms with Crippen LogP contribution in [0.1, 0.15) is 36.2 Å². The third kappa shape index (κ3) is 3.62. The average Bonchev–Trinajstić information content (AvgIpc) is 2.99. The number of amides is 1. The Labute approximate surface area is 165 Å². The second kappa shape index (κ2) is 8.06. The van der Waals surface area contributed by atoms with Gasteiger partial charge in [-0.2, -0.15) is 0 Å². The van der Waals surface area contributed by atoms with Gasteiger partial charge in [0.1, 0.15) is 11.9 Å². The van der Waals surface area contributed by atoms with Gasteiger partial charge in [0.2, 0.25) is 5.91 Å². The number of likely N-dealkylation sites (tertiary alicyclic amines) is 1. The van der Waals surface area contributed by atoms with Crippen LogP contribution in [0.2, 0.25) is 0 Å². The molecule has 0 unspecified atom stereocenters. The number of esters is 1. The summed E-state index contributed by atoms with van der Waals surface area (Å²) in [5, 5.41) is 2.97. The number of aryl methyl sites for hydroxylation is 1. The first kappa shape index (κ1) is 19.9. The van der Waals surface area contributed by atoms with E-state index in [-0.39, 0.29) is 17.9 Å². The predicted molar refractivity (Wildman–Crippen MR) is 104 cm³/mol. The van der Waals surface area contributed by atoms with Gasteiger partial charge in [-0.25, -0.2) is 9.97 Å². The molecular formula is C21H26N4O3. The lowest BCUT2D eigenvalue weighted by molar-refractivity contribution is -0.152. The minimum absolute atomic E-state index is 0.105. The topological polar surface area (TPSA) is 84.4 Å². The number of aromatic nitrogens is 2. The largest absolute Gasteiger partial charge is 0.468 e. The number of rotatable bonds is 5. The van der Waals surface area contributed by atoms with Crippen LogP contribution >= 0.6 is 0 Å². The summed E-state index contributed by atoms with van der Waals surface area (Å²) in [4.78, 5) is 35.7. The fourth-order valence-electron chi connectivity index (χ4n) is 4.02. The smallest absolute Gasteiger partial charge is 0.326 e. The molecule has 0 saturated carbocycles. The summed E-state index contributed by atoms with van der Waals surface area (Å²) in [6, 6.07) is 9.50. The Morgan fingerprint density at radius 3 is 2.71 bits per heavy atom. The van der Waals surface area contributed by atoms with Gasteiger partial charge < -0.3 is 10.1 Å². The number of benzene rings is 1. The van der Waals surface area contributed by atoms with E-state index in [1.54, 1.807) is 12.3 Å². The van der Waals surface area contributed by atoms with Gasteiger partial charge in [-0.05, 0) is 44.5 Å². The Balaban J connectivity index is 1.90. The van der Waals surface area contributed by atoms with E-state index in [0.717, 1.165) is 16.8 Å². The van der Waals surface area contributed by atoms with E-state index in [9.17, 15) is 9.59 Å². The molecule has 1 saturated heterocycles. The molecule has 2 heterocycles. The molecule has 0 radical (unpaired) electrons. The number of nitrogens with one attached hydrogen (secondary N) is 1. The molecule has 1 aromatic carbocycles. The van der Waals surface area contributed by atoms with Crippen LogP contribution in [0.4, 0.5) is 0 Å². The Morgan fingerprint density at radius 1 is 1.32 bits per heavy atom. The molecule has 28 heavy (non-hydrogen) atoms. The van der Waals surface area contributed by atoms with E-state index in [1.165, 1.54) is 13.4 Å². The first-order chi connectivity index (χ1) is 13.4. The van der Waals surface area contributed by atoms with Crippen molar-refractivity contribution in [2.75, 3.05) is 14.2 Å². The monoisotopic (exact) mass is 382 g/mol. The highest BCUT2D eigenvalue weighted by molar-refractivity contribution is 5.86. The van der Waals surface area contributed by atoms with Crippen molar-refractivity contribution in [3.05, 3.63) is 59.7 Å². The molecule has 1 aliphatic rings. The third-order valence-electron chi connectivity index (χ3n) is 5.75. The van der Waals surface area contributed by atoms with Gasteiger partial charge in [0.05, 0.1) is 25.3 Å². The number of likely N-dealkylation sites (N-methyl/N-ethyl adjacent to an activating group) is 1. The average molecular weight is 382 g/mol. The quantitative estimate of drug-likeness (QED) is 0.797. The summed E-state index contributed by atoms with van der Waals surface area (Å²) >= 11 is 0. The zero-order valence-corrected chi connectivity index (χ0v) is 16.7. The highest BCUT2D eigenvalue weighted by Gasteiger charge is 2.55. The highest BCUT2D eigenvalue weighted by Crippen LogP contribution is 2.47. The van der Waals surface area contributed by atoms with E-state index < -0.39 is 11.5 Å². The number of carbonyl (C=O) groups excluding carboxylic acids is 2. The lowest BCUT2D eigenvalue weighted by Gasteiger charge is -2.33. The lowest BCUT2D eigenvalue weighted by atomic mass is 9.88. The van der Waals surface area contributed by atoms with Crippen molar-refractivity contribution in [2.24, 2.45) is 5.92 Å². The van der Waals surface area contributed by atoms with E-state index in [1.807, 2.05) is 50.1 Å². The van der Waals surface area contributed by atoms with Crippen LogP contribution in [0.3, 0.4) is 0 Å². The van der Waals surface area contributed by atoms with Crippen LogP contribution in [0.15, 0.2) is 42.9 Å². The molecule has 0 aliphatic carbocycles. The van der Waals surface area contributed by atoms with Crippen LogP contribution in [0.25, 0.3) is 0 Å². The Bertz CT molecular complexity index is 858. The summed E-state index contributed by atoms with van der Waals surface area (Å²) in [5.74, 6) is -0.830. The molecular weight excluding hydrogens is 356 g/mol. The fourth-order valence-corrected chi connectivity index (χ4v) is 4.02. The fraction of sp³-hybridized carbons (Fsp3) is 0.429. The maximum atomic E-state index is 13.1. The third-order valence-corrected chi connectivity index (χ3v) is 5.75. The predicted octanol–water partition coefficient (Wildman–Crippen LogP) is 2.03. The van der Waals surface area contributed by atoms with Gasteiger partial charge in [0.15, 0.2) is 0 Å². The van der Waals surface area contributed by atoms with Crippen LogP contribution in [0.5, 0.6) is 0 Å². The van der Waals surface area contributed by atoms with Gasteiger partial charge in [-0.1, -0.05) is 24.3 Å². The summed E-state index contributed by atoms with van der Waals surface area (Å²) < 4.78 is 5.05. The van der Waals surface area contributed by atoms with Crippen LogP contribution in [-0.2, 0) is 20.9 Å². The number of nitrogens with zero attached hydrogens (tertiary/aromatic N) is 3. The Hall–Kier alpha value is -2.80. The SMILES string of the molecule is COC(=O)[C@@]1(C)C[C@@H](C(=O)NCc2ccncn2)[C@@H](c2ccccc2C)N1C. The van der Waals surface area contributed by atoms with Crippen LogP contribution in [-0.4, -0.2) is 46.4 Å². The molecule has 7 nitrogen and oxygen atoms in total. The van der Waals surface area contributed by atoms with Gasteiger partial charge in [-0.3, -0.25) is 14.5 Å². The zero-order chi connectivity index (χ0) is 20.3. The molecule has 0 spiro atoms. The van der Waals surface area contributed by atoms with Gasteiger partial charge in [-0.15, -0.1) is 0 Å². The van der Waals surface area contributed by atoms with Gasteiger partial charge >= 0.3 is 5.97 Å². The first-order valence-corrected chi connectivity index (χ1v) is 9.28. The van der Waals surface area contributed by atoms with Crippen molar-refractivity contribution < 1.29 is 14.3 Å². The number of carbonyl (C=O) groups is 2. The molecule has 2 aromatic rings. The lowest BCUT2D eigenvalue weighted by Crippen LogP contribution is -2.47. The molecule has 3 rings (SSSR count). The molecule has 1 aliphatic heterocycles. The molecule has 1 N–H and O–H groups in total. The molecule has 0 bridgehead atoms. The van der Waals surface area contributed by atoms with Crippen molar-refractivity contribution >= 4 is 11.9 Å². The minimum atomic E-state index is -0.876. The number of hydrogen-bond acceptors (Lipinski definition) is 6. The second-order valence-electron chi connectivity index (χ2n) is 7.41. The highest BCUT2D eigenvalue weighted by atomic mass is 16.5. The molecule has 7 heteroatoms. The molecule has 148 valence electrons. The van der Waals surface area contributed by atoms with E-state index in [2.05, 4.69) is 15.3 Å². The van der Waals surface area contributed by atoms with Crippen molar-refractivity contribution in [3.63, 3.8) is 0 Å². The second-order valence-corrected chi connectivity index (χ2v) is 7.41. The van der Waals surface area contributed by atoms with Gasteiger partial charge in [0, 0.05) is 12.2 Å². The maximum Gasteiger partial charge on any atom is 0.326 e. The summed E-state index contributed by atoms with van der Waals surface area (Å²) in [6.45, 7) is 4.17. The molecule has 3 atom stereocenters. The standard InChI is InChI=1S/C21H26N4O3/c1-14-7-5-6-8-16(14)18-17(11-21(2,25(18)3)20(27)28-4)19(26)23-12-15-9-10-22-13-24-15/h5-10,13,17-18H,11-12H2,1-4H3,(H,23,26)/t17-,18-,21-/m1/s1. The van der Waals surface area contributed by atoms with Crippen LogP contribution < -0.4 is 5.32 Å². The number of hydrogen-bond donors (Lipinski definition) is 1. The van der Waals surface area contributed by atoms with Crippen molar-refractivity contribution in [2.45, 2.75) is 38.4 Å². The number of methoxy groups -OCH3 is 1.